The van der Waals surface area contributed by atoms with E-state index >= 15 is 0 Å². The number of carbonyl (C=O) groups excluding carboxylic acids is 2. The average Bonchev–Trinajstić information content (AvgIpc) is 2.65. The van der Waals surface area contributed by atoms with Gasteiger partial charge in [-0.2, -0.15) is 0 Å². The first-order valence-electron chi connectivity index (χ1n) is 9.11. The highest BCUT2D eigenvalue weighted by Crippen LogP contribution is 2.17. The van der Waals surface area contributed by atoms with E-state index in [1.54, 1.807) is 30.3 Å². The van der Waals surface area contributed by atoms with Crippen molar-refractivity contribution < 1.29 is 19.5 Å². The number of carboxylic acids is 1. The van der Waals surface area contributed by atoms with Gasteiger partial charge in [0.25, 0.3) is 5.91 Å². The predicted octanol–water partition coefficient (Wildman–Crippen LogP) is 3.91. The molecule has 0 aliphatic heterocycles. The number of benzene rings is 2. The van der Waals surface area contributed by atoms with Crippen molar-refractivity contribution in [3.63, 3.8) is 0 Å². The van der Waals surface area contributed by atoms with Gasteiger partial charge < -0.3 is 10.4 Å². The van der Waals surface area contributed by atoms with E-state index in [1.807, 2.05) is 26.0 Å². The van der Waals surface area contributed by atoms with Crippen LogP contribution in [0.4, 0.5) is 0 Å². The number of ketones is 1. The van der Waals surface area contributed by atoms with E-state index < -0.39 is 5.97 Å². The highest BCUT2D eigenvalue weighted by atomic mass is 16.4. The summed E-state index contributed by atoms with van der Waals surface area (Å²) in [4.78, 5) is 35.9. The lowest BCUT2D eigenvalue weighted by atomic mass is 9.95. The summed E-state index contributed by atoms with van der Waals surface area (Å²) in [5, 5.41) is 11.4. The van der Waals surface area contributed by atoms with E-state index in [1.165, 1.54) is 0 Å². The molecule has 2 aromatic carbocycles. The lowest BCUT2D eigenvalue weighted by Crippen LogP contribution is -2.26. The van der Waals surface area contributed by atoms with Gasteiger partial charge in [0.1, 0.15) is 0 Å². The van der Waals surface area contributed by atoms with E-state index in [0.717, 1.165) is 17.5 Å². The van der Waals surface area contributed by atoms with Crippen LogP contribution in [0.15, 0.2) is 42.5 Å². The molecule has 2 N–H and O–H groups in total. The Morgan fingerprint density at radius 1 is 0.889 bits per heavy atom. The molecule has 0 saturated carbocycles. The van der Waals surface area contributed by atoms with Gasteiger partial charge in [-0.25, -0.2) is 0 Å². The second-order valence-corrected chi connectivity index (χ2v) is 6.63. The minimum Gasteiger partial charge on any atom is -0.481 e. The molecule has 0 unspecified atom stereocenters. The Balaban J connectivity index is 2.04. The van der Waals surface area contributed by atoms with Gasteiger partial charge in [-0.15, -0.1) is 0 Å². The third-order valence-corrected chi connectivity index (χ3v) is 4.54. The van der Waals surface area contributed by atoms with Crippen molar-refractivity contribution in [2.24, 2.45) is 0 Å². The zero-order valence-corrected chi connectivity index (χ0v) is 15.7. The van der Waals surface area contributed by atoms with Crippen LogP contribution < -0.4 is 5.32 Å². The van der Waals surface area contributed by atoms with Crippen LogP contribution >= 0.6 is 0 Å². The molecule has 0 aromatic heterocycles. The fourth-order valence-electron chi connectivity index (χ4n) is 2.79. The minimum atomic E-state index is -0.808. The molecule has 142 valence electrons. The number of carboxylic acid groups (broad SMARTS) is 1. The molecule has 0 atom stereocenters. The maximum Gasteiger partial charge on any atom is 0.303 e. The summed E-state index contributed by atoms with van der Waals surface area (Å²) >= 11 is 0. The van der Waals surface area contributed by atoms with Crippen LogP contribution in [0.25, 0.3) is 0 Å². The molecule has 0 aliphatic carbocycles. The maximum absolute atomic E-state index is 12.9. The number of aliphatic carboxylic acids is 1. The number of unbranched alkanes of at least 4 members (excludes halogenated alkanes) is 2. The predicted molar refractivity (Wildman–Crippen MR) is 104 cm³/mol. The summed E-state index contributed by atoms with van der Waals surface area (Å²) in [6.07, 6.45) is 2.16. The first-order chi connectivity index (χ1) is 12.9. The zero-order valence-electron chi connectivity index (χ0n) is 15.7. The smallest absolute Gasteiger partial charge is 0.303 e. The Labute approximate surface area is 159 Å². The Kier molecular flexibility index (Phi) is 7.29. The zero-order chi connectivity index (χ0) is 19.8. The van der Waals surface area contributed by atoms with Gasteiger partial charge in [0, 0.05) is 24.1 Å². The van der Waals surface area contributed by atoms with Crippen LogP contribution in [-0.2, 0) is 4.79 Å². The van der Waals surface area contributed by atoms with Crippen LogP contribution in [0.5, 0.6) is 0 Å². The first-order valence-corrected chi connectivity index (χ1v) is 9.11. The van der Waals surface area contributed by atoms with Gasteiger partial charge in [0.05, 0.1) is 5.56 Å². The SMILES string of the molecule is Cc1ccc(C(=O)c2ccccc2C(=O)NCCCCCC(=O)O)cc1C. The van der Waals surface area contributed by atoms with E-state index in [0.29, 0.717) is 36.1 Å². The van der Waals surface area contributed by atoms with Gasteiger partial charge in [0.15, 0.2) is 5.78 Å². The number of hydrogen-bond acceptors (Lipinski definition) is 3. The number of hydrogen-bond donors (Lipinski definition) is 2. The van der Waals surface area contributed by atoms with Gasteiger partial charge in [0.2, 0.25) is 0 Å². The Bertz CT molecular complexity index is 842. The van der Waals surface area contributed by atoms with E-state index in [2.05, 4.69) is 5.32 Å². The van der Waals surface area contributed by atoms with Gasteiger partial charge >= 0.3 is 5.97 Å². The molecule has 0 spiro atoms. The van der Waals surface area contributed by atoms with Crippen LogP contribution in [0.2, 0.25) is 0 Å². The van der Waals surface area contributed by atoms with Crippen molar-refractivity contribution in [3.05, 3.63) is 70.3 Å². The van der Waals surface area contributed by atoms with E-state index in [-0.39, 0.29) is 18.1 Å². The van der Waals surface area contributed by atoms with Gasteiger partial charge in [-0.1, -0.05) is 36.8 Å². The van der Waals surface area contributed by atoms with Crippen molar-refractivity contribution in [1.82, 2.24) is 5.32 Å². The summed E-state index contributed by atoms with van der Waals surface area (Å²) in [6, 6.07) is 12.3. The normalized spacial score (nSPS) is 10.4. The fourth-order valence-corrected chi connectivity index (χ4v) is 2.79. The molecule has 0 heterocycles. The topological polar surface area (TPSA) is 83.5 Å². The number of rotatable bonds is 9. The van der Waals surface area contributed by atoms with Crippen molar-refractivity contribution >= 4 is 17.7 Å². The maximum atomic E-state index is 12.9. The van der Waals surface area contributed by atoms with Crippen LogP contribution in [-0.4, -0.2) is 29.3 Å². The van der Waals surface area contributed by atoms with Gasteiger partial charge in [-0.05, 0) is 49.9 Å². The van der Waals surface area contributed by atoms with Crippen molar-refractivity contribution in [3.8, 4) is 0 Å². The highest BCUT2D eigenvalue weighted by Gasteiger charge is 2.18. The van der Waals surface area contributed by atoms with Crippen molar-refractivity contribution in [2.75, 3.05) is 6.54 Å². The Morgan fingerprint density at radius 2 is 1.59 bits per heavy atom. The molecular weight excluding hydrogens is 342 g/mol. The van der Waals surface area contributed by atoms with Crippen molar-refractivity contribution in [1.29, 1.82) is 0 Å². The minimum absolute atomic E-state index is 0.140. The molecule has 27 heavy (non-hydrogen) atoms. The van der Waals surface area contributed by atoms with Gasteiger partial charge in [-0.3, -0.25) is 14.4 Å². The molecular formula is C22H25NO4. The number of nitrogens with one attached hydrogen (secondary N) is 1. The second kappa shape index (κ2) is 9.67. The average molecular weight is 367 g/mol. The largest absolute Gasteiger partial charge is 0.481 e. The molecule has 5 nitrogen and oxygen atoms in total. The van der Waals surface area contributed by atoms with E-state index in [4.69, 9.17) is 5.11 Å². The molecule has 5 heteroatoms. The highest BCUT2D eigenvalue weighted by molar-refractivity contribution is 6.15. The standard InChI is InChI=1S/C22H25NO4/c1-15-11-12-17(14-16(15)2)21(26)18-8-5-6-9-19(18)22(27)23-13-7-3-4-10-20(24)25/h5-6,8-9,11-12,14H,3-4,7,10,13H2,1-2H3,(H,23,27)(H,24,25). The lowest BCUT2D eigenvalue weighted by molar-refractivity contribution is -0.137. The Hall–Kier alpha value is -2.95. The van der Waals surface area contributed by atoms with E-state index in [9.17, 15) is 14.4 Å². The molecule has 0 aliphatic rings. The van der Waals surface area contributed by atoms with Crippen LogP contribution in [0.3, 0.4) is 0 Å². The molecule has 2 aromatic rings. The molecule has 0 radical (unpaired) electrons. The second-order valence-electron chi connectivity index (χ2n) is 6.63. The summed E-state index contributed by atoms with van der Waals surface area (Å²) in [5.74, 6) is -1.27. The third kappa shape index (κ3) is 5.78. The number of carbonyl (C=O) groups is 3. The Morgan fingerprint density at radius 3 is 2.26 bits per heavy atom. The fraction of sp³-hybridized carbons (Fsp3) is 0.318. The van der Waals surface area contributed by atoms with Crippen molar-refractivity contribution in [2.45, 2.75) is 39.5 Å². The lowest BCUT2D eigenvalue weighted by Gasteiger charge is -2.10. The molecule has 0 bridgehead atoms. The molecule has 2 rings (SSSR count). The van der Waals surface area contributed by atoms with Crippen LogP contribution in [0.1, 0.15) is 63.1 Å². The number of amides is 1. The summed E-state index contributed by atoms with van der Waals surface area (Å²) < 4.78 is 0. The third-order valence-electron chi connectivity index (χ3n) is 4.54. The number of aryl methyl sites for hydroxylation is 2. The molecule has 0 saturated heterocycles. The summed E-state index contributed by atoms with van der Waals surface area (Å²) in [5.41, 5.74) is 3.44. The molecule has 1 amide bonds. The summed E-state index contributed by atoms with van der Waals surface area (Å²) in [6.45, 7) is 4.39. The quantitative estimate of drug-likeness (QED) is 0.520. The summed E-state index contributed by atoms with van der Waals surface area (Å²) in [7, 11) is 0. The monoisotopic (exact) mass is 367 g/mol. The molecule has 0 fully saturated rings. The van der Waals surface area contributed by atoms with Crippen LogP contribution in [0, 0.1) is 13.8 Å². The first kappa shape index (κ1) is 20.4.